The van der Waals surface area contributed by atoms with Crippen LogP contribution in [0.25, 0.3) is 22.9 Å². The maximum Gasteiger partial charge on any atom is 0.331 e. The van der Waals surface area contributed by atoms with Crippen LogP contribution in [0.2, 0.25) is 0 Å². The third-order valence-corrected chi connectivity index (χ3v) is 3.62. The molecule has 112 valence electrons. The Hall–Kier alpha value is -2.89. The largest absolute Gasteiger partial charge is 0.478 e. The molecule has 0 atom stereocenters. The van der Waals surface area contributed by atoms with Crippen molar-refractivity contribution < 1.29 is 9.90 Å². The van der Waals surface area contributed by atoms with Crippen LogP contribution in [0.1, 0.15) is 24.6 Å². The molecule has 0 spiro atoms. The fourth-order valence-corrected chi connectivity index (χ4v) is 2.41. The first kappa shape index (κ1) is 14.1. The predicted octanol–water partition coefficient (Wildman–Crippen LogP) is 2.94. The average Bonchev–Trinajstić information content (AvgIpc) is 3.08. The number of hydrogen-bond donors (Lipinski definition) is 2. The number of carboxylic acid groups (broad SMARTS) is 1. The van der Waals surface area contributed by atoms with Crippen LogP contribution in [0, 0.1) is 6.92 Å². The number of H-pyrrole nitrogens is 1. The van der Waals surface area contributed by atoms with Crippen LogP contribution in [-0.2, 0) is 4.79 Å². The second-order valence-electron chi connectivity index (χ2n) is 5.02. The molecular weight excluding hydrogens is 280 g/mol. The lowest BCUT2D eigenvalue weighted by Gasteiger charge is -2.04. The Labute approximate surface area is 127 Å². The molecule has 0 unspecified atom stereocenters. The van der Waals surface area contributed by atoms with Crippen LogP contribution >= 0.6 is 0 Å². The van der Waals surface area contributed by atoms with Gasteiger partial charge in [-0.15, -0.1) is 0 Å². The first-order chi connectivity index (χ1) is 10.6. The van der Waals surface area contributed by atoms with Gasteiger partial charge in [0.05, 0.1) is 0 Å². The Kier molecular flexibility index (Phi) is 3.50. The molecule has 3 rings (SSSR count). The van der Waals surface area contributed by atoms with E-state index in [1.165, 1.54) is 0 Å². The van der Waals surface area contributed by atoms with Crippen LogP contribution in [0.3, 0.4) is 0 Å². The molecule has 6 nitrogen and oxygen atoms in total. The highest BCUT2D eigenvalue weighted by molar-refractivity contribution is 5.93. The fourth-order valence-electron chi connectivity index (χ4n) is 2.41. The van der Waals surface area contributed by atoms with E-state index in [1.54, 1.807) is 12.3 Å². The van der Waals surface area contributed by atoms with Gasteiger partial charge in [0, 0.05) is 34.6 Å². The Morgan fingerprint density at radius 1 is 1.45 bits per heavy atom. The van der Waals surface area contributed by atoms with E-state index in [0.29, 0.717) is 17.8 Å². The van der Waals surface area contributed by atoms with Crippen molar-refractivity contribution in [1.29, 1.82) is 0 Å². The number of pyridine rings is 1. The number of rotatable bonds is 4. The van der Waals surface area contributed by atoms with Gasteiger partial charge in [-0.3, -0.25) is 9.67 Å². The molecule has 22 heavy (non-hydrogen) atoms. The molecule has 0 aliphatic heterocycles. The third kappa shape index (κ3) is 2.28. The van der Waals surface area contributed by atoms with Crippen molar-refractivity contribution in [2.75, 3.05) is 0 Å². The van der Waals surface area contributed by atoms with Gasteiger partial charge in [0.25, 0.3) is 0 Å². The molecule has 3 aromatic heterocycles. The van der Waals surface area contributed by atoms with Crippen LogP contribution in [0.5, 0.6) is 0 Å². The first-order valence-electron chi connectivity index (χ1n) is 7.03. The molecule has 3 aromatic rings. The van der Waals surface area contributed by atoms with E-state index in [9.17, 15) is 9.90 Å². The monoisotopic (exact) mass is 296 g/mol. The molecular formula is C16H16N4O2. The van der Waals surface area contributed by atoms with E-state index < -0.39 is 5.97 Å². The highest BCUT2D eigenvalue weighted by atomic mass is 16.4. The number of hydrogen-bond acceptors (Lipinski definition) is 3. The number of carboxylic acids is 1. The number of fused-ring (bicyclic) bond motifs is 1. The SMILES string of the molecule is CCC(=Cc1c(-n2ccc3cccnc32)n[nH]c1C)C(=O)O. The van der Waals surface area contributed by atoms with Gasteiger partial charge in [0.1, 0.15) is 5.65 Å². The molecule has 0 saturated carbocycles. The van der Waals surface area contributed by atoms with Crippen molar-refractivity contribution in [2.45, 2.75) is 20.3 Å². The summed E-state index contributed by atoms with van der Waals surface area (Å²) in [6.45, 7) is 3.69. The summed E-state index contributed by atoms with van der Waals surface area (Å²) < 4.78 is 1.86. The molecule has 0 aromatic carbocycles. The Morgan fingerprint density at radius 2 is 2.27 bits per heavy atom. The number of aromatic amines is 1. The smallest absolute Gasteiger partial charge is 0.331 e. The minimum atomic E-state index is -0.912. The summed E-state index contributed by atoms with van der Waals surface area (Å²) in [5, 5.41) is 17.5. The molecule has 0 saturated heterocycles. The Morgan fingerprint density at radius 3 is 3.00 bits per heavy atom. The zero-order valence-electron chi connectivity index (χ0n) is 12.4. The Balaban J connectivity index is 2.19. The minimum absolute atomic E-state index is 0.343. The lowest BCUT2D eigenvalue weighted by atomic mass is 10.1. The standard InChI is InChI=1S/C16H16N4O2/c1-3-11(16(21)22)9-13-10(2)18-19-15(13)20-8-6-12-5-4-7-17-14(12)20/h4-9H,3H2,1-2H3,(H,18,19)(H,21,22). The van der Waals surface area contributed by atoms with E-state index in [1.807, 2.05) is 42.8 Å². The number of aromatic nitrogens is 4. The quantitative estimate of drug-likeness (QED) is 0.725. The van der Waals surface area contributed by atoms with Gasteiger partial charge in [-0.25, -0.2) is 9.78 Å². The van der Waals surface area contributed by atoms with Crippen molar-refractivity contribution in [3.05, 3.63) is 47.4 Å². The van der Waals surface area contributed by atoms with Gasteiger partial charge in [-0.1, -0.05) is 6.92 Å². The molecule has 0 aliphatic carbocycles. The van der Waals surface area contributed by atoms with Crippen LogP contribution in [-0.4, -0.2) is 30.8 Å². The molecule has 3 heterocycles. The van der Waals surface area contributed by atoms with Crippen LogP contribution in [0.15, 0.2) is 36.2 Å². The summed E-state index contributed by atoms with van der Waals surface area (Å²) in [4.78, 5) is 15.6. The number of aryl methyl sites for hydroxylation is 1. The second kappa shape index (κ2) is 5.48. The molecule has 2 N–H and O–H groups in total. The number of nitrogens with one attached hydrogen (secondary N) is 1. The summed E-state index contributed by atoms with van der Waals surface area (Å²) in [5.74, 6) is -0.261. The van der Waals surface area contributed by atoms with Crippen LogP contribution in [0.4, 0.5) is 0 Å². The lowest BCUT2D eigenvalue weighted by molar-refractivity contribution is -0.132. The van der Waals surface area contributed by atoms with E-state index in [0.717, 1.165) is 22.3 Å². The minimum Gasteiger partial charge on any atom is -0.478 e. The van der Waals surface area contributed by atoms with Crippen molar-refractivity contribution in [3.63, 3.8) is 0 Å². The van der Waals surface area contributed by atoms with Crippen molar-refractivity contribution in [3.8, 4) is 5.82 Å². The topological polar surface area (TPSA) is 83.8 Å². The normalized spacial score (nSPS) is 12.0. The fraction of sp³-hybridized carbons (Fsp3) is 0.188. The molecule has 6 heteroatoms. The maximum absolute atomic E-state index is 11.3. The highest BCUT2D eigenvalue weighted by Crippen LogP contribution is 2.24. The zero-order valence-corrected chi connectivity index (χ0v) is 12.4. The van der Waals surface area contributed by atoms with Gasteiger partial charge in [-0.05, 0) is 37.6 Å². The molecule has 0 fully saturated rings. The maximum atomic E-state index is 11.3. The summed E-state index contributed by atoms with van der Waals surface area (Å²) in [7, 11) is 0. The average molecular weight is 296 g/mol. The number of carbonyl (C=O) groups is 1. The zero-order chi connectivity index (χ0) is 15.7. The first-order valence-corrected chi connectivity index (χ1v) is 7.03. The number of aliphatic carboxylic acids is 1. The van der Waals surface area contributed by atoms with E-state index in [4.69, 9.17) is 0 Å². The van der Waals surface area contributed by atoms with E-state index in [-0.39, 0.29) is 0 Å². The molecule has 0 radical (unpaired) electrons. The summed E-state index contributed by atoms with van der Waals surface area (Å²) in [6.07, 6.45) is 5.73. The predicted molar refractivity (Wildman–Crippen MR) is 83.9 cm³/mol. The molecule has 0 aliphatic rings. The van der Waals surface area contributed by atoms with Gasteiger partial charge in [0.15, 0.2) is 5.82 Å². The molecule has 0 bridgehead atoms. The lowest BCUT2D eigenvalue weighted by Crippen LogP contribution is -2.01. The van der Waals surface area contributed by atoms with Gasteiger partial charge in [0.2, 0.25) is 0 Å². The number of nitrogens with zero attached hydrogens (tertiary/aromatic N) is 3. The van der Waals surface area contributed by atoms with E-state index in [2.05, 4.69) is 15.2 Å². The summed E-state index contributed by atoms with van der Waals surface area (Å²) in [5.41, 5.74) is 2.72. The Bertz CT molecular complexity index is 873. The van der Waals surface area contributed by atoms with Crippen molar-refractivity contribution in [2.24, 2.45) is 0 Å². The summed E-state index contributed by atoms with van der Waals surface area (Å²) >= 11 is 0. The van der Waals surface area contributed by atoms with Crippen molar-refractivity contribution in [1.82, 2.24) is 19.7 Å². The van der Waals surface area contributed by atoms with Crippen LogP contribution < -0.4 is 0 Å². The second-order valence-corrected chi connectivity index (χ2v) is 5.02. The third-order valence-electron chi connectivity index (χ3n) is 3.62. The van der Waals surface area contributed by atoms with E-state index >= 15 is 0 Å². The highest BCUT2D eigenvalue weighted by Gasteiger charge is 2.15. The van der Waals surface area contributed by atoms with Gasteiger partial charge >= 0.3 is 5.97 Å². The van der Waals surface area contributed by atoms with Crippen molar-refractivity contribution >= 4 is 23.1 Å². The summed E-state index contributed by atoms with van der Waals surface area (Å²) in [6, 6.07) is 5.81. The van der Waals surface area contributed by atoms with Gasteiger partial charge < -0.3 is 5.11 Å². The van der Waals surface area contributed by atoms with Gasteiger partial charge in [-0.2, -0.15) is 5.10 Å². The molecule has 0 amide bonds.